The molecule has 5 nitrogen and oxygen atoms in total. The molecule has 0 unspecified atom stereocenters. The van der Waals surface area contributed by atoms with Gasteiger partial charge < -0.3 is 15.8 Å². The molecular formula is C25H23FN4OS. The molecule has 0 fully saturated rings. The third-order valence-electron chi connectivity index (χ3n) is 5.10. The summed E-state index contributed by atoms with van der Waals surface area (Å²) in [6, 6.07) is 18.8. The Morgan fingerprint density at radius 3 is 2.59 bits per heavy atom. The number of fused-ring (bicyclic) bond motifs is 1. The van der Waals surface area contributed by atoms with Crippen molar-refractivity contribution in [3.05, 3.63) is 89.5 Å². The summed E-state index contributed by atoms with van der Waals surface area (Å²) in [5, 5.41) is 5.17. The monoisotopic (exact) mass is 446 g/mol. The molecule has 0 bridgehead atoms. The summed E-state index contributed by atoms with van der Waals surface area (Å²) in [5.74, 6) is 1.04. The van der Waals surface area contributed by atoms with Crippen molar-refractivity contribution in [2.45, 2.75) is 25.3 Å². The molecular weight excluding hydrogens is 423 g/mol. The first kappa shape index (κ1) is 21.6. The summed E-state index contributed by atoms with van der Waals surface area (Å²) in [4.78, 5) is 8.87. The molecule has 162 valence electrons. The maximum atomic E-state index is 13.8. The minimum atomic E-state index is -0.426. The van der Waals surface area contributed by atoms with E-state index in [1.54, 1.807) is 0 Å². The predicted octanol–water partition coefficient (Wildman–Crippen LogP) is 6.00. The summed E-state index contributed by atoms with van der Waals surface area (Å²) in [5.41, 5.74) is 8.82. The Morgan fingerprint density at radius 1 is 1.03 bits per heavy atom. The number of anilines is 1. The van der Waals surface area contributed by atoms with E-state index < -0.39 is 5.82 Å². The van der Waals surface area contributed by atoms with Crippen molar-refractivity contribution in [2.24, 2.45) is 10.7 Å². The molecule has 3 N–H and O–H groups in total. The van der Waals surface area contributed by atoms with Crippen LogP contribution in [-0.2, 0) is 6.54 Å². The number of hydrogen-bond acceptors (Lipinski definition) is 4. The predicted molar refractivity (Wildman–Crippen MR) is 130 cm³/mol. The number of hydrogen-bond donors (Lipinski definition) is 3. The Hall–Kier alpha value is -3.58. The second kappa shape index (κ2) is 9.28. The molecule has 0 aliphatic rings. The van der Waals surface area contributed by atoms with Crippen molar-refractivity contribution in [3.63, 3.8) is 0 Å². The fourth-order valence-corrected chi connectivity index (χ4v) is 3.61. The van der Waals surface area contributed by atoms with Crippen molar-refractivity contribution in [1.82, 2.24) is 4.98 Å². The van der Waals surface area contributed by atoms with Crippen LogP contribution < -0.4 is 15.8 Å². The SMILES string of the molecule is Cc1ccc(S)c(NC(N)=NCc2ncccc2F)c1Oc1c(C)ccc2ccccc12. The van der Waals surface area contributed by atoms with Gasteiger partial charge in [-0.15, -0.1) is 12.6 Å². The van der Waals surface area contributed by atoms with Crippen LogP contribution in [0.5, 0.6) is 11.5 Å². The van der Waals surface area contributed by atoms with E-state index in [0.717, 1.165) is 27.6 Å². The number of nitrogens with zero attached hydrogens (tertiary/aromatic N) is 2. The van der Waals surface area contributed by atoms with Crippen LogP contribution >= 0.6 is 12.6 Å². The Bertz CT molecular complexity index is 1320. The van der Waals surface area contributed by atoms with E-state index in [1.807, 2.05) is 56.3 Å². The number of ether oxygens (including phenoxy) is 1. The number of aryl methyl sites for hydroxylation is 2. The van der Waals surface area contributed by atoms with E-state index in [2.05, 4.69) is 34.0 Å². The molecule has 0 saturated heterocycles. The average Bonchev–Trinajstić information content (AvgIpc) is 2.79. The van der Waals surface area contributed by atoms with Gasteiger partial charge in [-0.05, 0) is 48.6 Å². The maximum absolute atomic E-state index is 13.8. The number of halogens is 1. The van der Waals surface area contributed by atoms with Crippen LogP contribution in [0.25, 0.3) is 10.8 Å². The minimum Gasteiger partial charge on any atom is -0.454 e. The van der Waals surface area contributed by atoms with Crippen LogP contribution in [0.4, 0.5) is 10.1 Å². The van der Waals surface area contributed by atoms with Gasteiger partial charge >= 0.3 is 0 Å². The zero-order valence-corrected chi connectivity index (χ0v) is 18.7. The lowest BCUT2D eigenvalue weighted by molar-refractivity contribution is 0.482. The van der Waals surface area contributed by atoms with Crippen molar-refractivity contribution >= 4 is 35.0 Å². The molecule has 1 heterocycles. The molecule has 0 radical (unpaired) electrons. The second-order valence-corrected chi connectivity index (χ2v) is 7.88. The number of aromatic nitrogens is 1. The number of nitrogens with one attached hydrogen (secondary N) is 1. The van der Waals surface area contributed by atoms with Gasteiger partial charge in [0, 0.05) is 16.5 Å². The van der Waals surface area contributed by atoms with E-state index >= 15 is 0 Å². The lowest BCUT2D eigenvalue weighted by atomic mass is 10.1. The number of aliphatic imine (C=N–C) groups is 1. The van der Waals surface area contributed by atoms with Crippen LogP contribution in [-0.4, -0.2) is 10.9 Å². The lowest BCUT2D eigenvalue weighted by Crippen LogP contribution is -2.23. The maximum Gasteiger partial charge on any atom is 0.193 e. The number of benzene rings is 3. The first-order valence-electron chi connectivity index (χ1n) is 10.1. The first-order chi connectivity index (χ1) is 15.4. The highest BCUT2D eigenvalue weighted by Gasteiger charge is 2.16. The smallest absolute Gasteiger partial charge is 0.193 e. The molecule has 32 heavy (non-hydrogen) atoms. The van der Waals surface area contributed by atoms with Crippen LogP contribution in [0, 0.1) is 19.7 Å². The summed E-state index contributed by atoms with van der Waals surface area (Å²) in [6.45, 7) is 3.97. The number of nitrogens with two attached hydrogens (primary N) is 1. The van der Waals surface area contributed by atoms with Gasteiger partial charge in [-0.1, -0.05) is 42.5 Å². The molecule has 3 aromatic carbocycles. The Labute approximate surface area is 191 Å². The first-order valence-corrected chi connectivity index (χ1v) is 10.5. The van der Waals surface area contributed by atoms with Crippen molar-refractivity contribution in [3.8, 4) is 11.5 Å². The van der Waals surface area contributed by atoms with Crippen molar-refractivity contribution in [1.29, 1.82) is 0 Å². The lowest BCUT2D eigenvalue weighted by Gasteiger charge is -2.19. The minimum absolute atomic E-state index is 0.0118. The van der Waals surface area contributed by atoms with Gasteiger partial charge in [0.05, 0.1) is 17.9 Å². The van der Waals surface area contributed by atoms with Crippen LogP contribution in [0.3, 0.4) is 0 Å². The Kier molecular flexibility index (Phi) is 6.28. The zero-order chi connectivity index (χ0) is 22.7. The largest absolute Gasteiger partial charge is 0.454 e. The molecule has 4 aromatic rings. The van der Waals surface area contributed by atoms with Crippen molar-refractivity contribution in [2.75, 3.05) is 5.32 Å². The Balaban J connectivity index is 1.68. The van der Waals surface area contributed by atoms with Crippen LogP contribution in [0.15, 0.2) is 76.7 Å². The van der Waals surface area contributed by atoms with E-state index in [9.17, 15) is 4.39 Å². The third kappa shape index (κ3) is 4.53. The van der Waals surface area contributed by atoms with Gasteiger partial charge in [-0.3, -0.25) is 4.98 Å². The molecule has 0 saturated carbocycles. The summed E-state index contributed by atoms with van der Waals surface area (Å²) >= 11 is 4.58. The average molecular weight is 447 g/mol. The molecule has 0 aliphatic carbocycles. The highest BCUT2D eigenvalue weighted by Crippen LogP contribution is 2.41. The van der Waals surface area contributed by atoms with E-state index in [4.69, 9.17) is 10.5 Å². The van der Waals surface area contributed by atoms with E-state index in [1.165, 1.54) is 18.3 Å². The summed E-state index contributed by atoms with van der Waals surface area (Å²) < 4.78 is 20.3. The molecule has 0 amide bonds. The van der Waals surface area contributed by atoms with Crippen LogP contribution in [0.2, 0.25) is 0 Å². The van der Waals surface area contributed by atoms with Gasteiger partial charge in [0.15, 0.2) is 11.7 Å². The standard InChI is InChI=1S/C25H23FN4OS/c1-15-9-11-17-6-3-4-7-18(17)23(15)31-24-16(2)10-12-21(32)22(24)30-25(27)29-14-20-19(26)8-5-13-28-20/h3-13,32H,14H2,1-2H3,(H3,27,29,30). The third-order valence-corrected chi connectivity index (χ3v) is 5.47. The van der Waals surface area contributed by atoms with Gasteiger partial charge in [0.1, 0.15) is 11.6 Å². The summed E-state index contributed by atoms with van der Waals surface area (Å²) in [6.07, 6.45) is 1.52. The van der Waals surface area contributed by atoms with Gasteiger partial charge in [-0.25, -0.2) is 9.38 Å². The fourth-order valence-electron chi connectivity index (χ4n) is 3.38. The number of rotatable bonds is 5. The molecule has 7 heteroatoms. The fraction of sp³-hybridized carbons (Fsp3) is 0.120. The van der Waals surface area contributed by atoms with Crippen LogP contribution in [0.1, 0.15) is 16.8 Å². The van der Waals surface area contributed by atoms with Gasteiger partial charge in [-0.2, -0.15) is 0 Å². The van der Waals surface area contributed by atoms with Gasteiger partial charge in [0.25, 0.3) is 0 Å². The van der Waals surface area contributed by atoms with E-state index in [0.29, 0.717) is 16.3 Å². The molecule has 1 aromatic heterocycles. The number of thiol groups is 1. The number of guanidine groups is 1. The highest BCUT2D eigenvalue weighted by atomic mass is 32.1. The molecule has 0 aliphatic heterocycles. The molecule has 4 rings (SSSR count). The Morgan fingerprint density at radius 2 is 1.78 bits per heavy atom. The van der Waals surface area contributed by atoms with Crippen molar-refractivity contribution < 1.29 is 9.13 Å². The highest BCUT2D eigenvalue weighted by molar-refractivity contribution is 7.80. The zero-order valence-electron chi connectivity index (χ0n) is 17.8. The topological polar surface area (TPSA) is 72.5 Å². The number of pyridine rings is 1. The molecule has 0 atom stereocenters. The normalized spacial score (nSPS) is 11.6. The summed E-state index contributed by atoms with van der Waals surface area (Å²) in [7, 11) is 0. The molecule has 0 spiro atoms. The second-order valence-electron chi connectivity index (χ2n) is 7.40. The van der Waals surface area contributed by atoms with E-state index in [-0.39, 0.29) is 18.2 Å². The van der Waals surface area contributed by atoms with Gasteiger partial charge in [0.2, 0.25) is 0 Å². The quantitative estimate of drug-likeness (QED) is 0.200.